The SMILES string of the molecule is CCN1NC2=CC(=O)N(c3ccccc3)c3cc(C(F)(F)F)ccc3N2C1=O. The molecule has 0 radical (unpaired) electrons. The van der Waals surface area contributed by atoms with E-state index in [1.54, 1.807) is 37.3 Å². The molecule has 1 N–H and O–H groups in total. The number of nitrogens with zero attached hydrogens (tertiary/aromatic N) is 3. The van der Waals surface area contributed by atoms with Crippen molar-refractivity contribution in [3.63, 3.8) is 0 Å². The van der Waals surface area contributed by atoms with Crippen molar-refractivity contribution in [2.45, 2.75) is 13.1 Å². The van der Waals surface area contributed by atoms with Crippen molar-refractivity contribution in [3.8, 4) is 0 Å². The molecule has 1 saturated heterocycles. The molecule has 0 spiro atoms. The van der Waals surface area contributed by atoms with E-state index in [4.69, 9.17) is 0 Å². The highest BCUT2D eigenvalue weighted by molar-refractivity contribution is 6.15. The Labute approximate surface area is 158 Å². The summed E-state index contributed by atoms with van der Waals surface area (Å²) in [7, 11) is 0. The molecule has 1 fully saturated rings. The zero-order chi connectivity index (χ0) is 20.1. The quantitative estimate of drug-likeness (QED) is 0.846. The van der Waals surface area contributed by atoms with Gasteiger partial charge in [0.05, 0.1) is 16.9 Å². The molecule has 4 rings (SSSR count). The van der Waals surface area contributed by atoms with Crippen molar-refractivity contribution in [2.75, 3.05) is 16.3 Å². The summed E-state index contributed by atoms with van der Waals surface area (Å²) in [6.07, 6.45) is -3.39. The summed E-state index contributed by atoms with van der Waals surface area (Å²) in [6.45, 7) is 2.06. The molecule has 2 aromatic rings. The number of hydrogen-bond donors (Lipinski definition) is 1. The van der Waals surface area contributed by atoms with Gasteiger partial charge in [0, 0.05) is 18.3 Å². The van der Waals surface area contributed by atoms with E-state index in [2.05, 4.69) is 5.43 Å². The first-order valence-corrected chi connectivity index (χ1v) is 8.51. The monoisotopic (exact) mass is 388 g/mol. The summed E-state index contributed by atoms with van der Waals surface area (Å²) in [6, 6.07) is 10.8. The van der Waals surface area contributed by atoms with E-state index in [1.807, 2.05) is 0 Å². The number of hydrogen-bond acceptors (Lipinski definition) is 3. The third-order valence-corrected chi connectivity index (χ3v) is 4.51. The lowest BCUT2D eigenvalue weighted by atomic mass is 10.1. The van der Waals surface area contributed by atoms with Gasteiger partial charge in [0.1, 0.15) is 5.82 Å². The molecule has 0 saturated carbocycles. The standard InChI is InChI=1S/C19H15F3N4O2/c1-2-24-18(28)26-14-9-8-12(19(20,21)22)10-15(14)25(13-6-4-3-5-7-13)17(27)11-16(26)23-24/h3-11,23H,2H2,1H3. The van der Waals surface area contributed by atoms with Crippen LogP contribution >= 0.6 is 0 Å². The predicted molar refractivity (Wildman–Crippen MR) is 96.5 cm³/mol. The Hall–Kier alpha value is -3.49. The molecule has 9 heteroatoms. The van der Waals surface area contributed by atoms with Crippen LogP contribution in [0.1, 0.15) is 12.5 Å². The summed E-state index contributed by atoms with van der Waals surface area (Å²) in [4.78, 5) is 28.0. The minimum atomic E-state index is -4.59. The summed E-state index contributed by atoms with van der Waals surface area (Å²) >= 11 is 0. The number of carbonyl (C=O) groups is 2. The van der Waals surface area contributed by atoms with E-state index in [1.165, 1.54) is 27.0 Å². The van der Waals surface area contributed by atoms with Crippen molar-refractivity contribution < 1.29 is 22.8 Å². The van der Waals surface area contributed by atoms with Crippen LogP contribution < -0.4 is 15.2 Å². The molecule has 2 aromatic carbocycles. The Kier molecular flexibility index (Phi) is 4.02. The summed E-state index contributed by atoms with van der Waals surface area (Å²) < 4.78 is 40.0. The van der Waals surface area contributed by atoms with Crippen LogP contribution in [-0.4, -0.2) is 23.5 Å². The van der Waals surface area contributed by atoms with Gasteiger partial charge >= 0.3 is 12.2 Å². The first-order valence-electron chi connectivity index (χ1n) is 8.51. The summed E-state index contributed by atoms with van der Waals surface area (Å²) in [5.74, 6) is -0.376. The van der Waals surface area contributed by atoms with E-state index in [-0.39, 0.29) is 17.2 Å². The number of carbonyl (C=O) groups excluding carboxylic acids is 2. The molecule has 0 atom stereocenters. The maximum atomic E-state index is 13.3. The van der Waals surface area contributed by atoms with Gasteiger partial charge in [0.15, 0.2) is 0 Å². The fraction of sp³-hybridized carbons (Fsp3) is 0.158. The number of benzene rings is 2. The van der Waals surface area contributed by atoms with Crippen molar-refractivity contribution >= 4 is 29.0 Å². The molecule has 2 heterocycles. The van der Waals surface area contributed by atoms with E-state index in [0.29, 0.717) is 12.2 Å². The topological polar surface area (TPSA) is 55.9 Å². The third-order valence-electron chi connectivity index (χ3n) is 4.51. The average molecular weight is 388 g/mol. The van der Waals surface area contributed by atoms with Gasteiger partial charge in [-0.05, 0) is 37.3 Å². The first-order chi connectivity index (χ1) is 13.3. The molecule has 144 valence electrons. The Morgan fingerprint density at radius 2 is 1.68 bits per heavy atom. The van der Waals surface area contributed by atoms with Gasteiger partial charge in [-0.25, -0.2) is 14.7 Å². The van der Waals surface area contributed by atoms with Crippen LogP contribution in [0.3, 0.4) is 0 Å². The molecule has 6 nitrogen and oxygen atoms in total. The highest BCUT2D eigenvalue weighted by atomic mass is 19.4. The molecule has 0 bridgehead atoms. The normalized spacial score (nSPS) is 16.4. The van der Waals surface area contributed by atoms with E-state index in [0.717, 1.165) is 12.1 Å². The Balaban J connectivity index is 1.96. The second-order valence-corrected chi connectivity index (χ2v) is 6.21. The first kappa shape index (κ1) is 17.9. The highest BCUT2D eigenvalue weighted by Gasteiger charge is 2.40. The number of hydrazine groups is 1. The van der Waals surface area contributed by atoms with Gasteiger partial charge in [-0.2, -0.15) is 13.2 Å². The Morgan fingerprint density at radius 1 is 0.964 bits per heavy atom. The molecule has 28 heavy (non-hydrogen) atoms. The zero-order valence-corrected chi connectivity index (χ0v) is 14.7. The van der Waals surface area contributed by atoms with Gasteiger partial charge in [0.2, 0.25) is 0 Å². The number of amides is 3. The van der Waals surface area contributed by atoms with Crippen molar-refractivity contribution in [3.05, 3.63) is 66.0 Å². The lowest BCUT2D eigenvalue weighted by Gasteiger charge is -2.25. The van der Waals surface area contributed by atoms with E-state index >= 15 is 0 Å². The van der Waals surface area contributed by atoms with Crippen molar-refractivity contribution in [1.29, 1.82) is 0 Å². The fourth-order valence-corrected chi connectivity index (χ4v) is 3.22. The van der Waals surface area contributed by atoms with Crippen LogP contribution in [0.15, 0.2) is 60.4 Å². The summed E-state index contributed by atoms with van der Waals surface area (Å²) in [5.41, 5.74) is 2.47. The molecular formula is C19H15F3N4O2. The van der Waals surface area contributed by atoms with Crippen molar-refractivity contribution in [1.82, 2.24) is 10.4 Å². The predicted octanol–water partition coefficient (Wildman–Crippen LogP) is 3.99. The number of rotatable bonds is 2. The molecule has 3 amide bonds. The maximum Gasteiger partial charge on any atom is 0.416 e. The van der Waals surface area contributed by atoms with Crippen LogP contribution in [0.25, 0.3) is 0 Å². The number of fused-ring (bicyclic) bond motifs is 3. The number of anilines is 3. The lowest BCUT2D eigenvalue weighted by Crippen LogP contribution is -2.35. The van der Waals surface area contributed by atoms with Crippen molar-refractivity contribution in [2.24, 2.45) is 0 Å². The zero-order valence-electron chi connectivity index (χ0n) is 14.7. The Morgan fingerprint density at radius 3 is 2.32 bits per heavy atom. The van der Waals surface area contributed by atoms with Gasteiger partial charge < -0.3 is 0 Å². The number of para-hydroxylation sites is 1. The minimum absolute atomic E-state index is 0.0228. The molecule has 0 unspecified atom stereocenters. The van der Waals surface area contributed by atoms with E-state index in [9.17, 15) is 22.8 Å². The highest BCUT2D eigenvalue weighted by Crippen LogP contribution is 2.43. The number of halogens is 3. The smallest absolute Gasteiger partial charge is 0.279 e. The molecular weight excluding hydrogens is 373 g/mol. The summed E-state index contributed by atoms with van der Waals surface area (Å²) in [5, 5.41) is 1.28. The second kappa shape index (κ2) is 6.29. The Bertz CT molecular complexity index is 988. The van der Waals surface area contributed by atoms with Crippen LogP contribution in [0.2, 0.25) is 0 Å². The maximum absolute atomic E-state index is 13.3. The van der Waals surface area contributed by atoms with Crippen LogP contribution in [0, 0.1) is 0 Å². The second-order valence-electron chi connectivity index (χ2n) is 6.21. The molecule has 0 aromatic heterocycles. The fourth-order valence-electron chi connectivity index (χ4n) is 3.22. The minimum Gasteiger partial charge on any atom is -0.279 e. The third kappa shape index (κ3) is 2.75. The largest absolute Gasteiger partial charge is 0.416 e. The van der Waals surface area contributed by atoms with E-state index < -0.39 is 23.7 Å². The number of nitrogens with one attached hydrogen (secondary N) is 1. The average Bonchev–Trinajstić information content (AvgIpc) is 2.90. The van der Waals surface area contributed by atoms with Gasteiger partial charge in [0.25, 0.3) is 5.91 Å². The van der Waals surface area contributed by atoms with Gasteiger partial charge in [-0.15, -0.1) is 0 Å². The number of alkyl halides is 3. The number of urea groups is 1. The molecule has 0 aliphatic carbocycles. The van der Waals surface area contributed by atoms with Gasteiger partial charge in [-0.1, -0.05) is 18.2 Å². The molecule has 2 aliphatic heterocycles. The van der Waals surface area contributed by atoms with Crippen LogP contribution in [0.4, 0.5) is 35.0 Å². The van der Waals surface area contributed by atoms with Crippen LogP contribution in [-0.2, 0) is 11.0 Å². The lowest BCUT2D eigenvalue weighted by molar-refractivity contribution is -0.137. The van der Waals surface area contributed by atoms with Crippen LogP contribution in [0.5, 0.6) is 0 Å². The van der Waals surface area contributed by atoms with Gasteiger partial charge in [-0.3, -0.25) is 15.1 Å². The molecule has 2 aliphatic rings.